The Labute approximate surface area is 90.9 Å². The van der Waals surface area contributed by atoms with Crippen LogP contribution in [0.25, 0.3) is 0 Å². The summed E-state index contributed by atoms with van der Waals surface area (Å²) < 4.78 is 2.45. The third-order valence-corrected chi connectivity index (χ3v) is 4.07. The van der Waals surface area contributed by atoms with Crippen LogP contribution in [-0.4, -0.2) is 22.6 Å². The molecule has 1 aliphatic heterocycles. The van der Waals surface area contributed by atoms with Crippen LogP contribution in [0.4, 0.5) is 0 Å². The Hall–Kier alpha value is -0.830. The van der Waals surface area contributed by atoms with Crippen LogP contribution < -0.4 is 5.32 Å². The van der Waals surface area contributed by atoms with E-state index < -0.39 is 0 Å². The van der Waals surface area contributed by atoms with Crippen LogP contribution in [0.3, 0.4) is 0 Å². The van der Waals surface area contributed by atoms with Crippen molar-refractivity contribution in [3.63, 3.8) is 0 Å². The molecule has 2 atom stereocenters. The molecule has 3 nitrogen and oxygen atoms in total. The van der Waals surface area contributed by atoms with Gasteiger partial charge in [0.1, 0.15) is 0 Å². The molecule has 15 heavy (non-hydrogen) atoms. The van der Waals surface area contributed by atoms with Crippen LogP contribution in [0, 0.1) is 5.92 Å². The summed E-state index contributed by atoms with van der Waals surface area (Å²) in [6.45, 7) is 4.64. The van der Waals surface area contributed by atoms with Gasteiger partial charge in [-0.25, -0.2) is 4.98 Å². The van der Waals surface area contributed by atoms with Gasteiger partial charge in [-0.3, -0.25) is 0 Å². The van der Waals surface area contributed by atoms with Gasteiger partial charge in [-0.15, -0.1) is 0 Å². The molecular weight excluding hydrogens is 186 g/mol. The van der Waals surface area contributed by atoms with E-state index >= 15 is 0 Å². The smallest absolute Gasteiger partial charge is 0.0950 e. The average Bonchev–Trinajstić information content (AvgIpc) is 2.71. The first kappa shape index (κ1) is 9.40. The summed E-state index contributed by atoms with van der Waals surface area (Å²) in [5.74, 6) is 1.53. The quantitative estimate of drug-likeness (QED) is 0.799. The Morgan fingerprint density at radius 1 is 1.40 bits per heavy atom. The molecule has 0 aromatic carbocycles. The van der Waals surface area contributed by atoms with E-state index in [-0.39, 0.29) is 0 Å². The molecule has 82 valence electrons. The highest BCUT2D eigenvalue weighted by Gasteiger charge is 2.29. The lowest BCUT2D eigenvalue weighted by Gasteiger charge is -2.30. The molecule has 1 aliphatic carbocycles. The molecule has 2 unspecified atom stereocenters. The molecule has 1 saturated carbocycles. The first-order chi connectivity index (χ1) is 7.36. The van der Waals surface area contributed by atoms with Gasteiger partial charge in [0.25, 0.3) is 0 Å². The van der Waals surface area contributed by atoms with Crippen molar-refractivity contribution >= 4 is 0 Å². The normalized spacial score (nSPS) is 31.8. The summed E-state index contributed by atoms with van der Waals surface area (Å²) in [7, 11) is 0. The minimum absolute atomic E-state index is 0.709. The molecule has 0 amide bonds. The zero-order chi connectivity index (χ0) is 10.3. The minimum atomic E-state index is 0.709. The lowest BCUT2D eigenvalue weighted by Crippen LogP contribution is -2.41. The second-order valence-electron chi connectivity index (χ2n) is 5.06. The number of nitrogens with one attached hydrogen (secondary N) is 1. The molecule has 3 rings (SSSR count). The van der Waals surface area contributed by atoms with Crippen LogP contribution in [0.5, 0.6) is 0 Å². The van der Waals surface area contributed by atoms with Gasteiger partial charge < -0.3 is 9.88 Å². The molecule has 1 saturated heterocycles. The van der Waals surface area contributed by atoms with Crippen molar-refractivity contribution in [2.24, 2.45) is 5.92 Å². The zero-order valence-electron chi connectivity index (χ0n) is 9.32. The molecule has 1 N–H and O–H groups in total. The highest BCUT2D eigenvalue weighted by atomic mass is 15.1. The maximum Gasteiger partial charge on any atom is 0.0950 e. The van der Waals surface area contributed by atoms with Gasteiger partial charge >= 0.3 is 0 Å². The maximum atomic E-state index is 4.34. The predicted octanol–water partition coefficient (Wildman–Crippen LogP) is 1.93. The largest absolute Gasteiger partial charge is 0.331 e. The molecule has 0 radical (unpaired) electrons. The molecule has 0 bridgehead atoms. The number of rotatable bonds is 2. The van der Waals surface area contributed by atoms with E-state index in [4.69, 9.17) is 0 Å². The van der Waals surface area contributed by atoms with E-state index in [0.717, 1.165) is 19.0 Å². The van der Waals surface area contributed by atoms with E-state index in [1.807, 2.05) is 6.33 Å². The first-order valence-electron chi connectivity index (χ1n) is 6.08. The number of nitrogens with zero attached hydrogens (tertiary/aromatic N) is 2. The topological polar surface area (TPSA) is 29.9 Å². The number of hydrogen-bond acceptors (Lipinski definition) is 2. The van der Waals surface area contributed by atoms with Crippen molar-refractivity contribution in [2.45, 2.75) is 38.1 Å². The SMILES string of the molecule is CC1CCCC1n1cncc1C1CNC1. The van der Waals surface area contributed by atoms with Crippen LogP contribution in [0.1, 0.15) is 43.8 Å². The minimum Gasteiger partial charge on any atom is -0.331 e. The fourth-order valence-electron chi connectivity index (χ4n) is 2.95. The van der Waals surface area contributed by atoms with Gasteiger partial charge in [0.05, 0.1) is 6.33 Å². The molecule has 2 aliphatic rings. The third-order valence-electron chi connectivity index (χ3n) is 4.07. The lowest BCUT2D eigenvalue weighted by atomic mass is 9.98. The predicted molar refractivity (Wildman–Crippen MR) is 59.9 cm³/mol. The van der Waals surface area contributed by atoms with Gasteiger partial charge in [-0.05, 0) is 18.8 Å². The number of aromatic nitrogens is 2. The van der Waals surface area contributed by atoms with E-state index in [9.17, 15) is 0 Å². The van der Waals surface area contributed by atoms with E-state index in [1.54, 1.807) is 0 Å². The summed E-state index contributed by atoms with van der Waals surface area (Å²) in [4.78, 5) is 4.34. The van der Waals surface area contributed by atoms with Gasteiger partial charge in [0.15, 0.2) is 0 Å². The lowest BCUT2D eigenvalue weighted by molar-refractivity contribution is 0.362. The Balaban J connectivity index is 1.87. The van der Waals surface area contributed by atoms with Crippen molar-refractivity contribution < 1.29 is 0 Å². The van der Waals surface area contributed by atoms with Crippen molar-refractivity contribution in [3.8, 4) is 0 Å². The van der Waals surface area contributed by atoms with Crippen LogP contribution in [0.2, 0.25) is 0 Å². The molecule has 3 heteroatoms. The van der Waals surface area contributed by atoms with Crippen molar-refractivity contribution in [1.82, 2.24) is 14.9 Å². The number of imidazole rings is 1. The van der Waals surface area contributed by atoms with E-state index in [1.165, 1.54) is 25.0 Å². The summed E-state index contributed by atoms with van der Waals surface area (Å²) in [6.07, 6.45) is 8.21. The summed E-state index contributed by atoms with van der Waals surface area (Å²) in [5, 5.41) is 3.34. The molecule has 2 heterocycles. The second-order valence-corrected chi connectivity index (χ2v) is 5.06. The maximum absolute atomic E-state index is 4.34. The Morgan fingerprint density at radius 3 is 2.87 bits per heavy atom. The van der Waals surface area contributed by atoms with Crippen molar-refractivity contribution in [1.29, 1.82) is 0 Å². The fraction of sp³-hybridized carbons (Fsp3) is 0.750. The van der Waals surface area contributed by atoms with Crippen molar-refractivity contribution in [3.05, 3.63) is 18.2 Å². The van der Waals surface area contributed by atoms with Gasteiger partial charge in [-0.1, -0.05) is 13.3 Å². The fourth-order valence-corrected chi connectivity index (χ4v) is 2.95. The van der Waals surface area contributed by atoms with Gasteiger partial charge in [0, 0.05) is 36.9 Å². The summed E-state index contributed by atoms with van der Waals surface area (Å²) >= 11 is 0. The molecule has 2 fully saturated rings. The molecular formula is C12H19N3. The van der Waals surface area contributed by atoms with E-state index in [0.29, 0.717) is 12.0 Å². The van der Waals surface area contributed by atoms with Crippen molar-refractivity contribution in [2.75, 3.05) is 13.1 Å². The van der Waals surface area contributed by atoms with Crippen LogP contribution in [0.15, 0.2) is 12.5 Å². The second kappa shape index (κ2) is 3.63. The third kappa shape index (κ3) is 1.49. The highest BCUT2D eigenvalue weighted by Crippen LogP contribution is 2.37. The standard InChI is InChI=1S/C12H19N3/c1-9-3-2-4-11(9)15-8-14-7-12(15)10-5-13-6-10/h7-11,13H,2-6H2,1H3. The summed E-state index contributed by atoms with van der Waals surface area (Å²) in [5.41, 5.74) is 1.45. The number of hydrogen-bond donors (Lipinski definition) is 1. The Bertz CT molecular complexity index is 340. The van der Waals surface area contributed by atoms with Gasteiger partial charge in [-0.2, -0.15) is 0 Å². The molecule has 0 spiro atoms. The average molecular weight is 205 g/mol. The van der Waals surface area contributed by atoms with Crippen LogP contribution in [-0.2, 0) is 0 Å². The van der Waals surface area contributed by atoms with Crippen LogP contribution >= 0.6 is 0 Å². The Kier molecular flexibility index (Phi) is 2.28. The van der Waals surface area contributed by atoms with E-state index in [2.05, 4.69) is 28.0 Å². The molecule has 1 aromatic heterocycles. The van der Waals surface area contributed by atoms with Gasteiger partial charge in [0.2, 0.25) is 0 Å². The monoisotopic (exact) mass is 205 g/mol. The highest BCUT2D eigenvalue weighted by molar-refractivity contribution is 5.13. The Morgan fingerprint density at radius 2 is 2.27 bits per heavy atom. The summed E-state index contributed by atoms with van der Waals surface area (Å²) in [6, 6.07) is 0.711. The zero-order valence-corrected chi connectivity index (χ0v) is 9.32. The first-order valence-corrected chi connectivity index (χ1v) is 6.08. The molecule has 1 aromatic rings.